The van der Waals surface area contributed by atoms with Crippen molar-refractivity contribution in [2.24, 2.45) is 0 Å². The molecule has 0 amide bonds. The fourth-order valence-electron chi connectivity index (χ4n) is 2.39. The largest absolute Gasteiger partial charge is 0.497 e. The molecule has 1 aromatic carbocycles. The van der Waals surface area contributed by atoms with Crippen LogP contribution in [0, 0.1) is 6.92 Å². The predicted molar refractivity (Wildman–Crippen MR) is 81.9 cm³/mol. The molecule has 1 heterocycles. The number of benzene rings is 1. The van der Waals surface area contributed by atoms with E-state index in [-0.39, 0.29) is 12.1 Å². The monoisotopic (exact) mass is 270 g/mol. The molecule has 2 rings (SSSR count). The topological polar surface area (TPSA) is 34.1 Å². The van der Waals surface area contributed by atoms with Crippen molar-refractivity contribution in [1.29, 1.82) is 0 Å². The van der Waals surface area contributed by atoms with Crippen LogP contribution >= 0.6 is 0 Å². The minimum absolute atomic E-state index is 0.216. The quantitative estimate of drug-likeness (QED) is 0.897. The maximum atomic E-state index is 5.18. The SMILES string of the molecule is COc1ccc([C@H](C)N[C@@H](C)c2ncccc2C)cc1. The highest BCUT2D eigenvalue weighted by Gasteiger charge is 2.13. The van der Waals surface area contributed by atoms with Crippen LogP contribution in [0.4, 0.5) is 0 Å². The van der Waals surface area contributed by atoms with Gasteiger partial charge in [-0.25, -0.2) is 0 Å². The molecule has 106 valence electrons. The van der Waals surface area contributed by atoms with Crippen molar-refractivity contribution in [3.05, 3.63) is 59.4 Å². The summed E-state index contributed by atoms with van der Waals surface area (Å²) >= 11 is 0. The molecule has 0 saturated carbocycles. The van der Waals surface area contributed by atoms with Gasteiger partial charge >= 0.3 is 0 Å². The molecule has 2 atom stereocenters. The highest BCUT2D eigenvalue weighted by Crippen LogP contribution is 2.21. The smallest absolute Gasteiger partial charge is 0.118 e. The lowest BCUT2D eigenvalue weighted by Crippen LogP contribution is -2.23. The van der Waals surface area contributed by atoms with Crippen molar-refractivity contribution in [3.8, 4) is 5.75 Å². The number of nitrogens with one attached hydrogen (secondary N) is 1. The van der Waals surface area contributed by atoms with E-state index in [1.165, 1.54) is 11.1 Å². The highest BCUT2D eigenvalue weighted by molar-refractivity contribution is 5.29. The lowest BCUT2D eigenvalue weighted by Gasteiger charge is -2.21. The molecule has 0 spiro atoms. The summed E-state index contributed by atoms with van der Waals surface area (Å²) in [6.45, 7) is 6.41. The summed E-state index contributed by atoms with van der Waals surface area (Å²) in [5, 5.41) is 3.59. The van der Waals surface area contributed by atoms with Crippen LogP contribution in [0.15, 0.2) is 42.6 Å². The number of hydrogen-bond acceptors (Lipinski definition) is 3. The van der Waals surface area contributed by atoms with E-state index in [1.807, 2.05) is 24.4 Å². The molecule has 0 unspecified atom stereocenters. The molecule has 0 saturated heterocycles. The maximum absolute atomic E-state index is 5.18. The van der Waals surface area contributed by atoms with Gasteiger partial charge < -0.3 is 10.1 Å². The molecule has 2 aromatic rings. The number of methoxy groups -OCH3 is 1. The number of aryl methyl sites for hydroxylation is 1. The van der Waals surface area contributed by atoms with Gasteiger partial charge in [0.2, 0.25) is 0 Å². The molecule has 1 N–H and O–H groups in total. The first-order chi connectivity index (χ1) is 9.61. The molecule has 0 aliphatic carbocycles. The Morgan fingerprint density at radius 1 is 1.05 bits per heavy atom. The zero-order valence-electron chi connectivity index (χ0n) is 12.6. The van der Waals surface area contributed by atoms with Crippen LogP contribution in [0.1, 0.15) is 42.8 Å². The second-order valence-corrected chi connectivity index (χ2v) is 5.09. The van der Waals surface area contributed by atoms with Crippen LogP contribution in [0.5, 0.6) is 5.75 Å². The van der Waals surface area contributed by atoms with Gasteiger partial charge in [-0.1, -0.05) is 18.2 Å². The number of ether oxygens (including phenoxy) is 1. The van der Waals surface area contributed by atoms with Gasteiger partial charge in [-0.3, -0.25) is 4.98 Å². The van der Waals surface area contributed by atoms with Crippen LogP contribution in [0.25, 0.3) is 0 Å². The normalized spacial score (nSPS) is 13.8. The Kier molecular flexibility index (Phi) is 4.74. The third-order valence-corrected chi connectivity index (χ3v) is 3.58. The summed E-state index contributed by atoms with van der Waals surface area (Å²) in [6.07, 6.45) is 1.85. The van der Waals surface area contributed by atoms with Crippen molar-refractivity contribution in [3.63, 3.8) is 0 Å². The Labute approximate surface area is 121 Å². The van der Waals surface area contributed by atoms with Crippen molar-refractivity contribution < 1.29 is 4.74 Å². The van der Waals surface area contributed by atoms with Gasteiger partial charge in [-0.2, -0.15) is 0 Å². The van der Waals surface area contributed by atoms with Crippen LogP contribution in [-0.4, -0.2) is 12.1 Å². The average molecular weight is 270 g/mol. The summed E-state index contributed by atoms with van der Waals surface area (Å²) in [5.41, 5.74) is 3.56. The third kappa shape index (κ3) is 3.36. The van der Waals surface area contributed by atoms with Gasteiger partial charge in [0, 0.05) is 18.3 Å². The number of pyridine rings is 1. The first-order valence-corrected chi connectivity index (χ1v) is 6.93. The number of rotatable bonds is 5. The molecule has 0 aliphatic rings. The van der Waals surface area contributed by atoms with Crippen LogP contribution in [0.2, 0.25) is 0 Å². The van der Waals surface area contributed by atoms with E-state index in [4.69, 9.17) is 4.74 Å². The Morgan fingerprint density at radius 2 is 1.75 bits per heavy atom. The fourth-order valence-corrected chi connectivity index (χ4v) is 2.39. The van der Waals surface area contributed by atoms with Crippen molar-refractivity contribution >= 4 is 0 Å². The van der Waals surface area contributed by atoms with E-state index in [2.05, 4.69) is 49.3 Å². The summed E-state index contributed by atoms with van der Waals surface area (Å²) in [7, 11) is 1.68. The van der Waals surface area contributed by atoms with E-state index in [0.29, 0.717) is 0 Å². The number of aromatic nitrogens is 1. The Bertz CT molecular complexity index is 551. The highest BCUT2D eigenvalue weighted by atomic mass is 16.5. The lowest BCUT2D eigenvalue weighted by atomic mass is 10.0. The molecule has 0 fully saturated rings. The summed E-state index contributed by atoms with van der Waals surface area (Å²) < 4.78 is 5.18. The summed E-state index contributed by atoms with van der Waals surface area (Å²) in [6, 6.07) is 12.7. The minimum atomic E-state index is 0.216. The van der Waals surface area contributed by atoms with Crippen LogP contribution < -0.4 is 10.1 Å². The molecular weight excluding hydrogens is 248 g/mol. The second-order valence-electron chi connectivity index (χ2n) is 5.09. The first kappa shape index (κ1) is 14.5. The molecule has 0 radical (unpaired) electrons. The molecule has 0 bridgehead atoms. The van der Waals surface area contributed by atoms with Crippen molar-refractivity contribution in [2.45, 2.75) is 32.9 Å². The van der Waals surface area contributed by atoms with E-state index in [9.17, 15) is 0 Å². The molecule has 1 aromatic heterocycles. The van der Waals surface area contributed by atoms with E-state index >= 15 is 0 Å². The number of nitrogens with zero attached hydrogens (tertiary/aromatic N) is 1. The van der Waals surface area contributed by atoms with E-state index < -0.39 is 0 Å². The Balaban J connectivity index is 2.06. The molecule has 3 heteroatoms. The van der Waals surface area contributed by atoms with Crippen molar-refractivity contribution in [2.75, 3.05) is 7.11 Å². The first-order valence-electron chi connectivity index (χ1n) is 6.93. The van der Waals surface area contributed by atoms with Crippen LogP contribution in [-0.2, 0) is 0 Å². The molecule has 3 nitrogen and oxygen atoms in total. The lowest BCUT2D eigenvalue weighted by molar-refractivity contribution is 0.414. The van der Waals surface area contributed by atoms with Gasteiger partial charge in [0.15, 0.2) is 0 Å². The molecule has 0 aliphatic heterocycles. The zero-order valence-corrected chi connectivity index (χ0v) is 12.6. The maximum Gasteiger partial charge on any atom is 0.118 e. The summed E-state index contributed by atoms with van der Waals surface area (Å²) in [5.74, 6) is 0.884. The Morgan fingerprint density at radius 3 is 2.35 bits per heavy atom. The van der Waals surface area contributed by atoms with Gasteiger partial charge in [0.1, 0.15) is 5.75 Å². The third-order valence-electron chi connectivity index (χ3n) is 3.58. The fraction of sp³-hybridized carbons (Fsp3) is 0.353. The van der Waals surface area contributed by atoms with Gasteiger partial charge in [-0.15, -0.1) is 0 Å². The van der Waals surface area contributed by atoms with Gasteiger partial charge in [0.05, 0.1) is 12.8 Å². The van der Waals surface area contributed by atoms with Gasteiger partial charge in [-0.05, 0) is 50.1 Å². The van der Waals surface area contributed by atoms with E-state index in [1.54, 1.807) is 7.11 Å². The minimum Gasteiger partial charge on any atom is -0.497 e. The molecule has 20 heavy (non-hydrogen) atoms. The zero-order chi connectivity index (χ0) is 14.5. The second kappa shape index (κ2) is 6.53. The summed E-state index contributed by atoms with van der Waals surface area (Å²) in [4.78, 5) is 4.47. The van der Waals surface area contributed by atoms with E-state index in [0.717, 1.165) is 11.4 Å². The average Bonchev–Trinajstić information content (AvgIpc) is 2.47. The predicted octanol–water partition coefficient (Wildman–Crippen LogP) is 3.81. The molecular formula is C17H22N2O. The van der Waals surface area contributed by atoms with Gasteiger partial charge in [0.25, 0.3) is 0 Å². The van der Waals surface area contributed by atoms with Crippen molar-refractivity contribution in [1.82, 2.24) is 10.3 Å². The standard InChI is InChI=1S/C17H22N2O/c1-12-6-5-11-18-17(12)14(3)19-13(2)15-7-9-16(20-4)10-8-15/h5-11,13-14,19H,1-4H3/t13-,14-/m0/s1. The number of hydrogen-bond donors (Lipinski definition) is 1. The Hall–Kier alpha value is -1.87. The van der Waals surface area contributed by atoms with Crippen LogP contribution in [0.3, 0.4) is 0 Å².